The van der Waals surface area contributed by atoms with E-state index in [0.717, 1.165) is 19.8 Å². The van der Waals surface area contributed by atoms with Crippen LogP contribution in [0, 0.1) is 5.41 Å². The summed E-state index contributed by atoms with van der Waals surface area (Å²) in [6, 6.07) is 0. The molecule has 0 saturated carbocycles. The van der Waals surface area contributed by atoms with Crippen LogP contribution >= 0.6 is 0 Å². The fraction of sp³-hybridized carbons (Fsp3) is 1.00. The molecular formula is C13H26N2O. The van der Waals surface area contributed by atoms with E-state index in [4.69, 9.17) is 4.74 Å². The van der Waals surface area contributed by atoms with Crippen LogP contribution in [0.4, 0.5) is 0 Å². The Morgan fingerprint density at radius 2 is 1.81 bits per heavy atom. The van der Waals surface area contributed by atoms with Gasteiger partial charge in [-0.1, -0.05) is 6.42 Å². The van der Waals surface area contributed by atoms with E-state index in [-0.39, 0.29) is 0 Å². The molecule has 0 aromatic carbocycles. The molecule has 2 fully saturated rings. The molecule has 1 N–H and O–H groups in total. The second-order valence-electron chi connectivity index (χ2n) is 5.48. The first-order chi connectivity index (χ1) is 7.85. The normalized spacial score (nSPS) is 26.8. The Morgan fingerprint density at radius 3 is 2.44 bits per heavy atom. The van der Waals surface area contributed by atoms with Gasteiger partial charge in [-0.05, 0) is 51.2 Å². The summed E-state index contributed by atoms with van der Waals surface area (Å²) >= 11 is 0. The highest BCUT2D eigenvalue weighted by Gasteiger charge is 2.34. The number of nitrogens with one attached hydrogen (secondary N) is 1. The first kappa shape index (κ1) is 12.3. The van der Waals surface area contributed by atoms with Crippen LogP contribution in [0.5, 0.6) is 0 Å². The predicted molar refractivity (Wildman–Crippen MR) is 66.7 cm³/mol. The smallest absolute Gasteiger partial charge is 0.0472 e. The Hall–Kier alpha value is -0.120. The molecule has 2 saturated heterocycles. The Kier molecular flexibility index (Phi) is 4.62. The van der Waals surface area contributed by atoms with Gasteiger partial charge in [-0.25, -0.2) is 0 Å². The lowest BCUT2D eigenvalue weighted by molar-refractivity contribution is -0.00625. The van der Waals surface area contributed by atoms with E-state index in [9.17, 15) is 0 Å². The molecule has 2 heterocycles. The molecule has 0 bridgehead atoms. The van der Waals surface area contributed by atoms with Gasteiger partial charge in [0.2, 0.25) is 0 Å². The summed E-state index contributed by atoms with van der Waals surface area (Å²) in [4.78, 5) is 2.67. The highest BCUT2D eigenvalue weighted by Crippen LogP contribution is 2.31. The van der Waals surface area contributed by atoms with Crippen molar-refractivity contribution < 1.29 is 4.74 Å². The quantitative estimate of drug-likeness (QED) is 0.786. The summed E-state index contributed by atoms with van der Waals surface area (Å²) in [6.07, 6.45) is 6.67. The van der Waals surface area contributed by atoms with E-state index in [1.807, 2.05) is 0 Å². The monoisotopic (exact) mass is 226 g/mol. The van der Waals surface area contributed by atoms with Crippen LogP contribution < -0.4 is 5.32 Å². The van der Waals surface area contributed by atoms with Crippen LogP contribution in [-0.2, 0) is 4.74 Å². The molecule has 2 rings (SSSR count). The van der Waals surface area contributed by atoms with Gasteiger partial charge in [0.15, 0.2) is 0 Å². The van der Waals surface area contributed by atoms with Crippen molar-refractivity contribution in [1.29, 1.82) is 0 Å². The second-order valence-corrected chi connectivity index (χ2v) is 5.48. The third kappa shape index (κ3) is 3.19. The number of rotatable bonds is 4. The summed E-state index contributed by atoms with van der Waals surface area (Å²) in [5, 5.41) is 3.39. The molecule has 94 valence electrons. The second kappa shape index (κ2) is 5.99. The standard InChI is InChI=1S/C13H26N2O/c1-14-11-13(5-9-16-10-6-13)12-15-7-3-2-4-8-15/h14H,2-12H2,1H3. The Bertz CT molecular complexity index is 191. The van der Waals surface area contributed by atoms with E-state index in [2.05, 4.69) is 17.3 Å². The minimum Gasteiger partial charge on any atom is -0.381 e. The Labute approximate surface area is 99.5 Å². The fourth-order valence-corrected chi connectivity index (χ4v) is 3.16. The van der Waals surface area contributed by atoms with E-state index in [1.165, 1.54) is 51.7 Å². The van der Waals surface area contributed by atoms with Gasteiger partial charge in [-0.3, -0.25) is 0 Å². The van der Waals surface area contributed by atoms with Crippen molar-refractivity contribution in [2.24, 2.45) is 5.41 Å². The van der Waals surface area contributed by atoms with Crippen molar-refractivity contribution in [3.8, 4) is 0 Å². The molecule has 0 unspecified atom stereocenters. The summed E-state index contributed by atoms with van der Waals surface area (Å²) in [6.45, 7) is 6.95. The van der Waals surface area contributed by atoms with Crippen LogP contribution in [0.25, 0.3) is 0 Å². The van der Waals surface area contributed by atoms with Crippen molar-refractivity contribution in [3.05, 3.63) is 0 Å². The summed E-state index contributed by atoms with van der Waals surface area (Å²) < 4.78 is 5.51. The molecule has 16 heavy (non-hydrogen) atoms. The number of piperidine rings is 1. The number of likely N-dealkylation sites (tertiary alicyclic amines) is 1. The van der Waals surface area contributed by atoms with Crippen molar-refractivity contribution in [1.82, 2.24) is 10.2 Å². The SMILES string of the molecule is CNCC1(CN2CCCCC2)CCOCC1. The maximum atomic E-state index is 5.51. The number of ether oxygens (including phenoxy) is 1. The minimum absolute atomic E-state index is 0.477. The van der Waals surface area contributed by atoms with Gasteiger partial charge < -0.3 is 15.0 Å². The molecule has 2 aliphatic rings. The van der Waals surface area contributed by atoms with Crippen molar-refractivity contribution >= 4 is 0 Å². The van der Waals surface area contributed by atoms with Crippen molar-refractivity contribution in [3.63, 3.8) is 0 Å². The average Bonchev–Trinajstić information content (AvgIpc) is 2.31. The van der Waals surface area contributed by atoms with E-state index in [0.29, 0.717) is 5.41 Å². The highest BCUT2D eigenvalue weighted by molar-refractivity contribution is 4.87. The van der Waals surface area contributed by atoms with Crippen LogP contribution in [0.15, 0.2) is 0 Å². The van der Waals surface area contributed by atoms with Gasteiger partial charge in [0.1, 0.15) is 0 Å². The number of hydrogen-bond donors (Lipinski definition) is 1. The Balaban J connectivity index is 1.89. The van der Waals surface area contributed by atoms with Gasteiger partial charge in [-0.15, -0.1) is 0 Å². The summed E-state index contributed by atoms with van der Waals surface area (Å²) in [5.41, 5.74) is 0.477. The van der Waals surface area contributed by atoms with Crippen LogP contribution in [0.3, 0.4) is 0 Å². The molecule has 0 aromatic heterocycles. The predicted octanol–water partition coefficient (Wildman–Crippen LogP) is 1.49. The lowest BCUT2D eigenvalue weighted by Crippen LogP contribution is -2.48. The molecule has 3 nitrogen and oxygen atoms in total. The van der Waals surface area contributed by atoms with Crippen LogP contribution in [-0.4, -0.2) is 51.3 Å². The van der Waals surface area contributed by atoms with Gasteiger partial charge in [-0.2, -0.15) is 0 Å². The maximum absolute atomic E-state index is 5.51. The molecule has 0 aliphatic carbocycles. The van der Waals surface area contributed by atoms with Gasteiger partial charge in [0.25, 0.3) is 0 Å². The first-order valence-electron chi connectivity index (χ1n) is 6.79. The number of hydrogen-bond acceptors (Lipinski definition) is 3. The Morgan fingerprint density at radius 1 is 1.12 bits per heavy atom. The third-order valence-electron chi connectivity index (χ3n) is 4.11. The lowest BCUT2D eigenvalue weighted by Gasteiger charge is -2.42. The molecule has 3 heteroatoms. The van der Waals surface area contributed by atoms with Crippen molar-refractivity contribution in [2.75, 3.05) is 46.4 Å². The topological polar surface area (TPSA) is 24.5 Å². The molecule has 0 atom stereocenters. The molecule has 0 aromatic rings. The average molecular weight is 226 g/mol. The van der Waals surface area contributed by atoms with Crippen molar-refractivity contribution in [2.45, 2.75) is 32.1 Å². The van der Waals surface area contributed by atoms with Crippen LogP contribution in [0.2, 0.25) is 0 Å². The molecule has 0 spiro atoms. The van der Waals surface area contributed by atoms with Gasteiger partial charge in [0, 0.05) is 26.3 Å². The first-order valence-corrected chi connectivity index (χ1v) is 6.79. The molecule has 2 aliphatic heterocycles. The minimum atomic E-state index is 0.477. The zero-order valence-corrected chi connectivity index (χ0v) is 10.6. The van der Waals surface area contributed by atoms with E-state index in [1.54, 1.807) is 0 Å². The van der Waals surface area contributed by atoms with Gasteiger partial charge >= 0.3 is 0 Å². The molecular weight excluding hydrogens is 200 g/mol. The van der Waals surface area contributed by atoms with E-state index >= 15 is 0 Å². The summed E-state index contributed by atoms with van der Waals surface area (Å²) in [5.74, 6) is 0. The zero-order valence-electron chi connectivity index (χ0n) is 10.6. The molecule has 0 radical (unpaired) electrons. The number of nitrogens with zero attached hydrogens (tertiary/aromatic N) is 1. The lowest BCUT2D eigenvalue weighted by atomic mass is 9.79. The van der Waals surface area contributed by atoms with Crippen LogP contribution in [0.1, 0.15) is 32.1 Å². The summed E-state index contributed by atoms with van der Waals surface area (Å²) in [7, 11) is 2.08. The van der Waals surface area contributed by atoms with E-state index < -0.39 is 0 Å². The largest absolute Gasteiger partial charge is 0.381 e. The highest BCUT2D eigenvalue weighted by atomic mass is 16.5. The maximum Gasteiger partial charge on any atom is 0.0472 e. The van der Waals surface area contributed by atoms with Gasteiger partial charge in [0.05, 0.1) is 0 Å². The molecule has 0 amide bonds. The zero-order chi connectivity index (χ0) is 11.3. The third-order valence-corrected chi connectivity index (χ3v) is 4.11. The fourth-order valence-electron chi connectivity index (χ4n) is 3.16.